The zero-order valence-electron chi connectivity index (χ0n) is 10.4. The molecule has 1 aromatic rings. The van der Waals surface area contributed by atoms with Gasteiger partial charge in [0, 0.05) is 13.3 Å². The summed E-state index contributed by atoms with van der Waals surface area (Å²) >= 11 is 0. The van der Waals surface area contributed by atoms with Crippen LogP contribution in [0.5, 0.6) is 5.75 Å². The predicted molar refractivity (Wildman–Crippen MR) is 63.1 cm³/mol. The number of carboxylic acid groups (broad SMARTS) is 1. The number of aliphatic carboxylic acids is 1. The van der Waals surface area contributed by atoms with Crippen molar-refractivity contribution in [2.24, 2.45) is 0 Å². The number of carboxylic acids is 1. The number of ether oxygens (including phenoxy) is 1. The standard InChI is InChI=1S/C13H16F2O3/c1-13(14,15)12-9(6-4-8-11(16)17)5-3-7-10(12)18-2/h3,5,7H,4,6,8H2,1-2H3,(H,16,17). The van der Waals surface area contributed by atoms with Gasteiger partial charge in [0.25, 0.3) is 5.92 Å². The Morgan fingerprint density at radius 1 is 1.44 bits per heavy atom. The maximum atomic E-state index is 13.6. The summed E-state index contributed by atoms with van der Waals surface area (Å²) in [5.41, 5.74) is 0.279. The second-order valence-corrected chi connectivity index (χ2v) is 4.13. The van der Waals surface area contributed by atoms with E-state index in [4.69, 9.17) is 9.84 Å². The topological polar surface area (TPSA) is 46.5 Å². The van der Waals surface area contributed by atoms with Crippen LogP contribution in [0.15, 0.2) is 18.2 Å². The lowest BCUT2D eigenvalue weighted by Crippen LogP contribution is -2.13. The maximum Gasteiger partial charge on any atom is 0.303 e. The molecule has 0 aromatic heterocycles. The minimum Gasteiger partial charge on any atom is -0.496 e. The lowest BCUT2D eigenvalue weighted by atomic mass is 9.97. The summed E-state index contributed by atoms with van der Waals surface area (Å²) in [5.74, 6) is -3.80. The second-order valence-electron chi connectivity index (χ2n) is 4.13. The van der Waals surface area contributed by atoms with Crippen LogP contribution in [0.25, 0.3) is 0 Å². The second kappa shape index (κ2) is 5.80. The minimum atomic E-state index is -3.01. The van der Waals surface area contributed by atoms with E-state index in [2.05, 4.69) is 0 Å². The first kappa shape index (κ1) is 14.4. The van der Waals surface area contributed by atoms with E-state index in [0.717, 1.165) is 6.92 Å². The number of halogens is 2. The van der Waals surface area contributed by atoms with E-state index in [1.165, 1.54) is 13.2 Å². The van der Waals surface area contributed by atoms with Gasteiger partial charge >= 0.3 is 5.97 Å². The van der Waals surface area contributed by atoms with Crippen LogP contribution in [-0.2, 0) is 17.1 Å². The number of benzene rings is 1. The number of hydrogen-bond donors (Lipinski definition) is 1. The zero-order valence-corrected chi connectivity index (χ0v) is 10.4. The lowest BCUT2D eigenvalue weighted by molar-refractivity contribution is -0.137. The number of aryl methyl sites for hydroxylation is 1. The Kier molecular flexibility index (Phi) is 4.64. The van der Waals surface area contributed by atoms with Gasteiger partial charge in [-0.15, -0.1) is 0 Å². The van der Waals surface area contributed by atoms with Crippen molar-refractivity contribution < 1.29 is 23.4 Å². The molecule has 3 nitrogen and oxygen atoms in total. The van der Waals surface area contributed by atoms with Crippen LogP contribution in [0.2, 0.25) is 0 Å². The Bertz CT molecular complexity index is 425. The fourth-order valence-electron chi connectivity index (χ4n) is 1.88. The van der Waals surface area contributed by atoms with Crippen LogP contribution in [0.3, 0.4) is 0 Å². The Hall–Kier alpha value is -1.65. The minimum absolute atomic E-state index is 0.0358. The highest BCUT2D eigenvalue weighted by atomic mass is 19.3. The molecule has 0 heterocycles. The molecule has 1 N–H and O–H groups in total. The van der Waals surface area contributed by atoms with E-state index >= 15 is 0 Å². The monoisotopic (exact) mass is 258 g/mol. The zero-order chi connectivity index (χ0) is 13.8. The number of hydrogen-bond acceptors (Lipinski definition) is 2. The average molecular weight is 258 g/mol. The molecule has 0 aliphatic carbocycles. The molecule has 0 atom stereocenters. The number of carbonyl (C=O) groups is 1. The third-order valence-corrected chi connectivity index (χ3v) is 2.61. The van der Waals surface area contributed by atoms with Gasteiger partial charge in [-0.2, -0.15) is 0 Å². The van der Waals surface area contributed by atoms with Crippen LogP contribution < -0.4 is 4.74 Å². The van der Waals surface area contributed by atoms with Crippen LogP contribution in [-0.4, -0.2) is 18.2 Å². The Labute approximate surface area is 104 Å². The molecule has 0 spiro atoms. The third kappa shape index (κ3) is 3.68. The fraction of sp³-hybridized carbons (Fsp3) is 0.462. The van der Waals surface area contributed by atoms with Gasteiger partial charge in [-0.25, -0.2) is 8.78 Å². The van der Waals surface area contributed by atoms with Crippen molar-refractivity contribution in [3.8, 4) is 5.75 Å². The van der Waals surface area contributed by atoms with Crippen molar-refractivity contribution in [2.45, 2.75) is 32.1 Å². The van der Waals surface area contributed by atoms with Crippen molar-refractivity contribution in [3.63, 3.8) is 0 Å². The Balaban J connectivity index is 2.99. The molecule has 0 aliphatic heterocycles. The molecule has 1 rings (SSSR count). The van der Waals surface area contributed by atoms with Gasteiger partial charge in [-0.05, 0) is 24.5 Å². The molecule has 1 aromatic carbocycles. The molecular formula is C13H16F2O3. The lowest BCUT2D eigenvalue weighted by Gasteiger charge is -2.19. The van der Waals surface area contributed by atoms with Crippen molar-refractivity contribution in [1.29, 1.82) is 0 Å². The molecule has 0 radical (unpaired) electrons. The van der Waals surface area contributed by atoms with Crippen molar-refractivity contribution >= 4 is 5.97 Å². The smallest absolute Gasteiger partial charge is 0.303 e. The first-order valence-corrected chi connectivity index (χ1v) is 5.62. The summed E-state index contributed by atoms with van der Waals surface area (Å²) < 4.78 is 32.0. The highest BCUT2D eigenvalue weighted by Crippen LogP contribution is 2.37. The van der Waals surface area contributed by atoms with Crippen LogP contribution in [0, 0.1) is 0 Å². The summed E-state index contributed by atoms with van der Waals surface area (Å²) in [6.45, 7) is 0.811. The summed E-state index contributed by atoms with van der Waals surface area (Å²) in [5, 5.41) is 8.55. The molecule has 0 saturated heterocycles. The van der Waals surface area contributed by atoms with E-state index in [9.17, 15) is 13.6 Å². The van der Waals surface area contributed by atoms with Crippen molar-refractivity contribution in [2.75, 3.05) is 7.11 Å². The Morgan fingerprint density at radius 2 is 2.11 bits per heavy atom. The number of methoxy groups -OCH3 is 1. The van der Waals surface area contributed by atoms with E-state index in [1.807, 2.05) is 0 Å². The predicted octanol–water partition coefficient (Wildman–Crippen LogP) is 3.21. The molecule has 0 aliphatic rings. The molecule has 100 valence electrons. The molecule has 18 heavy (non-hydrogen) atoms. The van der Waals surface area contributed by atoms with Gasteiger partial charge in [0.05, 0.1) is 12.7 Å². The summed E-state index contributed by atoms with van der Waals surface area (Å²) in [4.78, 5) is 10.4. The SMILES string of the molecule is COc1cccc(CCCC(=O)O)c1C(C)(F)F. The maximum absolute atomic E-state index is 13.6. The molecular weight excluding hydrogens is 242 g/mol. The van der Waals surface area contributed by atoms with Gasteiger partial charge in [0.15, 0.2) is 0 Å². The van der Waals surface area contributed by atoms with Gasteiger partial charge < -0.3 is 9.84 Å². The third-order valence-electron chi connectivity index (χ3n) is 2.61. The average Bonchev–Trinajstić information content (AvgIpc) is 2.26. The molecule has 5 heteroatoms. The quantitative estimate of drug-likeness (QED) is 0.852. The van der Waals surface area contributed by atoms with Crippen LogP contribution in [0.4, 0.5) is 8.78 Å². The fourth-order valence-corrected chi connectivity index (χ4v) is 1.88. The van der Waals surface area contributed by atoms with Gasteiger partial charge in [-0.3, -0.25) is 4.79 Å². The number of alkyl halides is 2. The normalized spacial score (nSPS) is 11.3. The van der Waals surface area contributed by atoms with Gasteiger partial charge in [0.1, 0.15) is 5.75 Å². The molecule has 0 amide bonds. The van der Waals surface area contributed by atoms with Gasteiger partial charge in [-0.1, -0.05) is 12.1 Å². The first-order chi connectivity index (χ1) is 8.36. The van der Waals surface area contributed by atoms with Crippen molar-refractivity contribution in [3.05, 3.63) is 29.3 Å². The van der Waals surface area contributed by atoms with Crippen LogP contribution >= 0.6 is 0 Å². The summed E-state index contributed by atoms with van der Waals surface area (Å²) in [6, 6.07) is 4.69. The number of rotatable bonds is 6. The molecule has 0 unspecified atom stereocenters. The van der Waals surface area contributed by atoms with Gasteiger partial charge in [0.2, 0.25) is 0 Å². The van der Waals surface area contributed by atoms with E-state index in [-0.39, 0.29) is 17.7 Å². The molecule has 0 fully saturated rings. The summed E-state index contributed by atoms with van der Waals surface area (Å²) in [6.07, 6.45) is 0.583. The van der Waals surface area contributed by atoms with E-state index in [0.29, 0.717) is 18.4 Å². The summed E-state index contributed by atoms with van der Waals surface area (Å²) in [7, 11) is 1.34. The van der Waals surface area contributed by atoms with E-state index < -0.39 is 11.9 Å². The first-order valence-electron chi connectivity index (χ1n) is 5.62. The molecule has 0 bridgehead atoms. The largest absolute Gasteiger partial charge is 0.496 e. The highest BCUT2D eigenvalue weighted by molar-refractivity contribution is 5.66. The van der Waals surface area contributed by atoms with E-state index in [1.54, 1.807) is 12.1 Å². The Morgan fingerprint density at radius 3 is 2.61 bits per heavy atom. The van der Waals surface area contributed by atoms with Crippen LogP contribution in [0.1, 0.15) is 30.9 Å². The molecule has 0 saturated carbocycles. The van der Waals surface area contributed by atoms with Crippen molar-refractivity contribution in [1.82, 2.24) is 0 Å². The highest BCUT2D eigenvalue weighted by Gasteiger charge is 2.31.